The third-order valence-electron chi connectivity index (χ3n) is 3.47. The van der Waals surface area contributed by atoms with Crippen molar-refractivity contribution in [3.63, 3.8) is 0 Å². The molecule has 6 nitrogen and oxygen atoms in total. The Bertz CT molecular complexity index is 1020. The highest BCUT2D eigenvalue weighted by molar-refractivity contribution is 7.23. The zero-order valence-electron chi connectivity index (χ0n) is 11.1. The van der Waals surface area contributed by atoms with E-state index in [9.17, 15) is 15.2 Å². The Morgan fingerprint density at radius 3 is 2.68 bits per heavy atom. The number of aromatic nitrogens is 2. The van der Waals surface area contributed by atoms with Gasteiger partial charge in [0, 0.05) is 23.9 Å². The molecular formula is C15H9N3O3S. The van der Waals surface area contributed by atoms with E-state index in [4.69, 9.17) is 0 Å². The summed E-state index contributed by atoms with van der Waals surface area (Å²) in [5, 5.41) is 20.7. The summed E-state index contributed by atoms with van der Waals surface area (Å²) >= 11 is 1.48. The summed E-state index contributed by atoms with van der Waals surface area (Å²) in [4.78, 5) is 15.6. The maximum atomic E-state index is 10.7. The predicted octanol–water partition coefficient (Wildman–Crippen LogP) is 3.83. The fourth-order valence-electron chi connectivity index (χ4n) is 2.42. The minimum atomic E-state index is -0.429. The quantitative estimate of drug-likeness (QED) is 0.450. The van der Waals surface area contributed by atoms with Crippen LogP contribution in [0.5, 0.6) is 5.75 Å². The number of benzene rings is 2. The zero-order valence-corrected chi connectivity index (χ0v) is 11.9. The minimum Gasteiger partial charge on any atom is -0.506 e. The summed E-state index contributed by atoms with van der Waals surface area (Å²) in [6, 6.07) is 11.6. The van der Waals surface area contributed by atoms with Crippen LogP contribution in [-0.4, -0.2) is 19.4 Å². The second kappa shape index (κ2) is 4.54. The van der Waals surface area contributed by atoms with Crippen molar-refractivity contribution in [3.8, 4) is 17.0 Å². The van der Waals surface area contributed by atoms with Crippen LogP contribution in [0.2, 0.25) is 0 Å². The first-order valence-electron chi connectivity index (χ1n) is 6.48. The van der Waals surface area contributed by atoms with Crippen LogP contribution >= 0.6 is 11.3 Å². The highest BCUT2D eigenvalue weighted by Crippen LogP contribution is 2.34. The lowest BCUT2D eigenvalue weighted by Crippen LogP contribution is -1.87. The van der Waals surface area contributed by atoms with Gasteiger partial charge in [0.25, 0.3) is 5.69 Å². The molecule has 0 aliphatic carbocycles. The van der Waals surface area contributed by atoms with Crippen molar-refractivity contribution in [3.05, 3.63) is 58.8 Å². The van der Waals surface area contributed by atoms with Gasteiger partial charge in [0.05, 0.1) is 15.3 Å². The molecule has 22 heavy (non-hydrogen) atoms. The third-order valence-corrected chi connectivity index (χ3v) is 4.49. The van der Waals surface area contributed by atoms with Gasteiger partial charge in [0.2, 0.25) is 0 Å². The highest BCUT2D eigenvalue weighted by Gasteiger charge is 2.13. The number of non-ortho nitro benzene ring substituents is 1. The average molecular weight is 311 g/mol. The summed E-state index contributed by atoms with van der Waals surface area (Å²) < 4.78 is 2.80. The van der Waals surface area contributed by atoms with Crippen LogP contribution in [0.15, 0.2) is 48.7 Å². The minimum absolute atomic E-state index is 0.0489. The van der Waals surface area contributed by atoms with Crippen LogP contribution in [0.1, 0.15) is 0 Å². The summed E-state index contributed by atoms with van der Waals surface area (Å²) in [7, 11) is 0. The number of fused-ring (bicyclic) bond motifs is 3. The third kappa shape index (κ3) is 1.83. The zero-order chi connectivity index (χ0) is 15.3. The average Bonchev–Trinajstić information content (AvgIpc) is 3.05. The molecule has 0 bridgehead atoms. The highest BCUT2D eigenvalue weighted by atomic mass is 32.1. The number of nitrogens with zero attached hydrogens (tertiary/aromatic N) is 3. The first kappa shape index (κ1) is 12.8. The molecule has 0 aliphatic heterocycles. The lowest BCUT2D eigenvalue weighted by atomic mass is 10.1. The maximum absolute atomic E-state index is 10.7. The van der Waals surface area contributed by atoms with Gasteiger partial charge >= 0.3 is 0 Å². The summed E-state index contributed by atoms with van der Waals surface area (Å²) in [6.45, 7) is 0. The van der Waals surface area contributed by atoms with Crippen LogP contribution in [0.3, 0.4) is 0 Å². The van der Waals surface area contributed by atoms with Gasteiger partial charge in [0.15, 0.2) is 4.96 Å². The van der Waals surface area contributed by atoms with E-state index in [2.05, 4.69) is 4.98 Å². The second-order valence-corrected chi connectivity index (χ2v) is 5.82. The van der Waals surface area contributed by atoms with Crippen molar-refractivity contribution < 1.29 is 10.0 Å². The molecule has 1 N–H and O–H groups in total. The molecule has 0 saturated heterocycles. The molecule has 2 heterocycles. The number of hydrogen-bond donors (Lipinski definition) is 1. The normalized spacial score (nSPS) is 11.3. The Hall–Kier alpha value is -2.93. The monoisotopic (exact) mass is 311 g/mol. The van der Waals surface area contributed by atoms with Gasteiger partial charge in [0.1, 0.15) is 11.3 Å². The Morgan fingerprint density at radius 2 is 1.95 bits per heavy atom. The van der Waals surface area contributed by atoms with E-state index in [1.54, 1.807) is 24.3 Å². The molecule has 7 heteroatoms. The molecule has 2 aromatic heterocycles. The number of nitro groups is 1. The van der Waals surface area contributed by atoms with Gasteiger partial charge < -0.3 is 5.11 Å². The summed E-state index contributed by atoms with van der Waals surface area (Å²) in [5.74, 6) is 0.205. The number of phenolic OH excluding ortho intramolecular Hbond substituents is 1. The number of nitro benzene ring substituents is 1. The van der Waals surface area contributed by atoms with E-state index in [1.165, 1.54) is 23.5 Å². The Morgan fingerprint density at radius 1 is 1.18 bits per heavy atom. The molecule has 4 aromatic rings. The molecule has 2 aromatic carbocycles. The van der Waals surface area contributed by atoms with E-state index in [0.29, 0.717) is 5.69 Å². The maximum Gasteiger partial charge on any atom is 0.269 e. The van der Waals surface area contributed by atoms with Crippen molar-refractivity contribution in [2.24, 2.45) is 0 Å². The second-order valence-electron chi connectivity index (χ2n) is 4.81. The molecule has 0 atom stereocenters. The van der Waals surface area contributed by atoms with Crippen LogP contribution in [-0.2, 0) is 0 Å². The van der Waals surface area contributed by atoms with Crippen LogP contribution in [0.25, 0.3) is 26.4 Å². The standard InChI is InChI=1S/C15H9N3O3S/c19-12-2-1-3-13-14(12)17-8-11(16-15(17)22-13)9-4-6-10(7-5-9)18(20)21/h1-8,19H. The number of rotatable bonds is 2. The number of imidazole rings is 1. The molecule has 108 valence electrons. The van der Waals surface area contributed by atoms with Gasteiger partial charge in [-0.15, -0.1) is 0 Å². The van der Waals surface area contributed by atoms with Gasteiger partial charge in [-0.1, -0.05) is 17.4 Å². The fourth-order valence-corrected chi connectivity index (χ4v) is 3.45. The van der Waals surface area contributed by atoms with Crippen molar-refractivity contribution in [1.29, 1.82) is 0 Å². The molecule has 0 unspecified atom stereocenters. The van der Waals surface area contributed by atoms with Crippen molar-refractivity contribution >= 4 is 32.2 Å². The summed E-state index contributed by atoms with van der Waals surface area (Å²) in [6.07, 6.45) is 1.83. The number of phenols is 1. The van der Waals surface area contributed by atoms with Crippen LogP contribution in [0.4, 0.5) is 5.69 Å². The largest absolute Gasteiger partial charge is 0.506 e. The molecule has 0 fully saturated rings. The molecule has 0 spiro atoms. The van der Waals surface area contributed by atoms with E-state index in [0.717, 1.165) is 20.7 Å². The number of hydrogen-bond acceptors (Lipinski definition) is 5. The first-order valence-corrected chi connectivity index (χ1v) is 7.29. The summed E-state index contributed by atoms with van der Waals surface area (Å²) in [5.41, 5.74) is 2.28. The van der Waals surface area contributed by atoms with Crippen molar-refractivity contribution in [2.75, 3.05) is 0 Å². The van der Waals surface area contributed by atoms with Crippen LogP contribution in [0, 0.1) is 10.1 Å². The van der Waals surface area contributed by atoms with Gasteiger partial charge in [-0.3, -0.25) is 14.5 Å². The molecule has 0 saturated carbocycles. The lowest BCUT2D eigenvalue weighted by Gasteiger charge is -1.97. The van der Waals surface area contributed by atoms with Gasteiger partial charge in [-0.05, 0) is 24.3 Å². The van der Waals surface area contributed by atoms with Crippen molar-refractivity contribution in [1.82, 2.24) is 9.38 Å². The number of aromatic hydroxyl groups is 1. The molecular weight excluding hydrogens is 302 g/mol. The van der Waals surface area contributed by atoms with E-state index >= 15 is 0 Å². The van der Waals surface area contributed by atoms with E-state index < -0.39 is 4.92 Å². The number of thiazole rings is 1. The fraction of sp³-hybridized carbons (Fsp3) is 0. The molecule has 0 amide bonds. The molecule has 0 radical (unpaired) electrons. The van der Waals surface area contributed by atoms with Crippen LogP contribution < -0.4 is 0 Å². The van der Waals surface area contributed by atoms with E-state index in [1.807, 2.05) is 16.7 Å². The first-order chi connectivity index (χ1) is 10.6. The van der Waals surface area contributed by atoms with E-state index in [-0.39, 0.29) is 11.4 Å². The Kier molecular flexibility index (Phi) is 2.64. The smallest absolute Gasteiger partial charge is 0.269 e. The number of para-hydroxylation sites is 1. The van der Waals surface area contributed by atoms with Gasteiger partial charge in [-0.2, -0.15) is 0 Å². The molecule has 0 aliphatic rings. The van der Waals surface area contributed by atoms with Crippen molar-refractivity contribution in [2.45, 2.75) is 0 Å². The molecule has 4 rings (SSSR count). The van der Waals surface area contributed by atoms with Gasteiger partial charge in [-0.25, -0.2) is 4.98 Å². The topological polar surface area (TPSA) is 80.7 Å². The Balaban J connectivity index is 1.87. The lowest BCUT2D eigenvalue weighted by molar-refractivity contribution is -0.384. The SMILES string of the molecule is O=[N+]([O-])c1ccc(-c2cn3c(n2)sc2cccc(O)c23)cc1. The Labute approximate surface area is 128 Å². The predicted molar refractivity (Wildman–Crippen MR) is 84.3 cm³/mol.